The van der Waals surface area contributed by atoms with Crippen LogP contribution in [0.1, 0.15) is 26.3 Å². The number of ether oxygens (including phenoxy) is 1. The zero-order valence-corrected chi connectivity index (χ0v) is 18.0. The molecule has 3 aromatic carbocycles. The van der Waals surface area contributed by atoms with E-state index in [-0.39, 0.29) is 10.8 Å². The monoisotopic (exact) mass is 392 g/mol. The molecule has 3 aromatic rings. The zero-order valence-electron chi connectivity index (χ0n) is 17.0. The quantitative estimate of drug-likeness (QED) is 0.629. The molecule has 0 radical (unpaired) electrons. The molecule has 0 aromatic heterocycles. The third kappa shape index (κ3) is 3.84. The second-order valence-corrected chi connectivity index (χ2v) is 12.3. The van der Waals surface area contributed by atoms with Gasteiger partial charge in [0.25, 0.3) is 8.32 Å². The minimum absolute atomic E-state index is 0.0727. The van der Waals surface area contributed by atoms with Gasteiger partial charge < -0.3 is 14.3 Å². The molecule has 0 aliphatic rings. The summed E-state index contributed by atoms with van der Waals surface area (Å²) < 4.78 is 12.2. The topological polar surface area (TPSA) is 38.7 Å². The first-order valence-electron chi connectivity index (χ1n) is 9.49. The molecule has 0 aliphatic heterocycles. The standard InChI is InChI=1S/C24H28O3Si/c1-24(2,3)28(20-11-7-5-8-12-20,21-13-9-6-10-14-21)27-18-19-15-16-22(25)23(17-19)26-4/h5-17,25H,18H2,1-4H3. The van der Waals surface area contributed by atoms with Crippen molar-refractivity contribution in [1.29, 1.82) is 0 Å². The molecule has 0 bridgehead atoms. The summed E-state index contributed by atoms with van der Waals surface area (Å²) in [6.07, 6.45) is 0. The van der Waals surface area contributed by atoms with E-state index < -0.39 is 8.32 Å². The summed E-state index contributed by atoms with van der Waals surface area (Å²) in [4.78, 5) is 0. The molecule has 0 heterocycles. The third-order valence-corrected chi connectivity index (χ3v) is 10.1. The van der Waals surface area contributed by atoms with Crippen LogP contribution in [0.25, 0.3) is 0 Å². The Hall–Kier alpha value is -2.56. The van der Waals surface area contributed by atoms with Crippen molar-refractivity contribution in [2.24, 2.45) is 0 Å². The number of hydrogen-bond donors (Lipinski definition) is 1. The van der Waals surface area contributed by atoms with E-state index in [1.165, 1.54) is 10.4 Å². The Morgan fingerprint density at radius 3 is 1.82 bits per heavy atom. The summed E-state index contributed by atoms with van der Waals surface area (Å²) in [5, 5.41) is 12.3. The molecule has 1 N–H and O–H groups in total. The molecule has 0 aliphatic carbocycles. The molecule has 3 nitrogen and oxygen atoms in total. The van der Waals surface area contributed by atoms with E-state index in [9.17, 15) is 5.11 Å². The minimum atomic E-state index is -2.58. The van der Waals surface area contributed by atoms with E-state index in [0.29, 0.717) is 12.4 Å². The van der Waals surface area contributed by atoms with Gasteiger partial charge in [0, 0.05) is 0 Å². The lowest BCUT2D eigenvalue weighted by atomic mass is 10.2. The lowest BCUT2D eigenvalue weighted by molar-refractivity contribution is 0.285. The largest absolute Gasteiger partial charge is 0.504 e. The average molecular weight is 393 g/mol. The van der Waals surface area contributed by atoms with Crippen LogP contribution in [0.4, 0.5) is 0 Å². The molecule has 0 unspecified atom stereocenters. The summed E-state index contributed by atoms with van der Waals surface area (Å²) in [6.45, 7) is 7.23. The van der Waals surface area contributed by atoms with Gasteiger partial charge in [-0.2, -0.15) is 0 Å². The van der Waals surface area contributed by atoms with Gasteiger partial charge in [0.1, 0.15) is 0 Å². The van der Waals surface area contributed by atoms with Crippen molar-refractivity contribution in [2.75, 3.05) is 7.11 Å². The average Bonchev–Trinajstić information content (AvgIpc) is 2.70. The predicted octanol–water partition coefficient (Wildman–Crippen LogP) is 4.48. The summed E-state index contributed by atoms with van der Waals surface area (Å²) in [5.41, 5.74) is 0.975. The fraction of sp³-hybridized carbons (Fsp3) is 0.250. The van der Waals surface area contributed by atoms with Crippen LogP contribution in [0.15, 0.2) is 78.9 Å². The Kier molecular flexibility index (Phi) is 5.92. The molecule has 0 fully saturated rings. The first kappa shape index (κ1) is 20.2. The van der Waals surface area contributed by atoms with Crippen LogP contribution in [-0.4, -0.2) is 20.5 Å². The smallest absolute Gasteiger partial charge is 0.261 e. The van der Waals surface area contributed by atoms with Crippen LogP contribution in [-0.2, 0) is 11.0 Å². The van der Waals surface area contributed by atoms with Crippen LogP contribution in [0.3, 0.4) is 0 Å². The lowest BCUT2D eigenvalue weighted by Crippen LogP contribution is -2.66. The maximum atomic E-state index is 9.89. The zero-order chi connectivity index (χ0) is 20.2. The van der Waals surface area contributed by atoms with Crippen molar-refractivity contribution in [3.8, 4) is 11.5 Å². The number of phenols is 1. The molecule has 28 heavy (non-hydrogen) atoms. The van der Waals surface area contributed by atoms with Crippen molar-refractivity contribution in [3.63, 3.8) is 0 Å². The highest BCUT2D eigenvalue weighted by atomic mass is 28.4. The van der Waals surface area contributed by atoms with Gasteiger partial charge in [0.05, 0.1) is 13.7 Å². The first-order chi connectivity index (χ1) is 13.4. The fourth-order valence-electron chi connectivity index (χ4n) is 3.76. The van der Waals surface area contributed by atoms with E-state index in [1.54, 1.807) is 13.2 Å². The Morgan fingerprint density at radius 1 is 0.821 bits per heavy atom. The number of rotatable bonds is 6. The molecular weight excluding hydrogens is 364 g/mol. The van der Waals surface area contributed by atoms with Crippen LogP contribution >= 0.6 is 0 Å². The molecule has 0 spiro atoms. The normalized spacial score (nSPS) is 12.0. The maximum Gasteiger partial charge on any atom is 0.261 e. The number of methoxy groups -OCH3 is 1. The highest BCUT2D eigenvalue weighted by molar-refractivity contribution is 6.99. The van der Waals surface area contributed by atoms with Gasteiger partial charge >= 0.3 is 0 Å². The van der Waals surface area contributed by atoms with Gasteiger partial charge in [0.2, 0.25) is 0 Å². The fourth-order valence-corrected chi connectivity index (χ4v) is 8.30. The summed E-state index contributed by atoms with van der Waals surface area (Å²) in [5.74, 6) is 0.597. The number of phenolic OH excluding ortho intramolecular Hbond substituents is 1. The van der Waals surface area contributed by atoms with Crippen molar-refractivity contribution < 1.29 is 14.3 Å². The van der Waals surface area contributed by atoms with Crippen molar-refractivity contribution in [1.82, 2.24) is 0 Å². The molecule has 3 rings (SSSR count). The number of hydrogen-bond acceptors (Lipinski definition) is 3. The SMILES string of the molecule is COc1cc(CO[Si](c2ccccc2)(c2ccccc2)C(C)(C)C)ccc1O. The van der Waals surface area contributed by atoms with Crippen LogP contribution < -0.4 is 15.1 Å². The van der Waals surface area contributed by atoms with E-state index >= 15 is 0 Å². The molecular formula is C24H28O3Si. The Labute approximate surface area is 168 Å². The second-order valence-electron chi connectivity index (χ2n) is 7.96. The molecule has 4 heteroatoms. The lowest BCUT2D eigenvalue weighted by Gasteiger charge is -2.43. The summed E-state index contributed by atoms with van der Waals surface area (Å²) in [6, 6.07) is 26.5. The first-order valence-corrected chi connectivity index (χ1v) is 11.4. The van der Waals surface area contributed by atoms with Crippen LogP contribution in [0.5, 0.6) is 11.5 Å². The Bertz CT molecular complexity index is 863. The van der Waals surface area contributed by atoms with E-state index in [0.717, 1.165) is 5.56 Å². The van der Waals surface area contributed by atoms with Crippen molar-refractivity contribution >= 4 is 18.7 Å². The summed E-state index contributed by atoms with van der Waals surface area (Å²) >= 11 is 0. The minimum Gasteiger partial charge on any atom is -0.504 e. The molecule has 0 atom stereocenters. The third-order valence-electron chi connectivity index (χ3n) is 5.12. The van der Waals surface area contributed by atoms with Crippen molar-refractivity contribution in [2.45, 2.75) is 32.4 Å². The van der Waals surface area contributed by atoms with Gasteiger partial charge in [-0.25, -0.2) is 0 Å². The van der Waals surface area contributed by atoms with Gasteiger partial charge in [0.15, 0.2) is 11.5 Å². The number of benzene rings is 3. The molecule has 0 amide bonds. The summed E-state index contributed by atoms with van der Waals surface area (Å²) in [7, 11) is -1.02. The van der Waals surface area contributed by atoms with Crippen molar-refractivity contribution in [3.05, 3.63) is 84.4 Å². The highest BCUT2D eigenvalue weighted by Gasteiger charge is 2.50. The van der Waals surface area contributed by atoms with Gasteiger partial charge in [-0.05, 0) is 33.1 Å². The highest BCUT2D eigenvalue weighted by Crippen LogP contribution is 2.37. The Morgan fingerprint density at radius 2 is 1.36 bits per heavy atom. The van der Waals surface area contributed by atoms with E-state index in [4.69, 9.17) is 9.16 Å². The molecule has 0 saturated heterocycles. The van der Waals surface area contributed by atoms with Crippen LogP contribution in [0.2, 0.25) is 5.04 Å². The van der Waals surface area contributed by atoms with Gasteiger partial charge in [-0.1, -0.05) is 87.5 Å². The molecule has 146 valence electrons. The second kappa shape index (κ2) is 8.21. The maximum absolute atomic E-state index is 9.89. The van der Waals surface area contributed by atoms with E-state index in [2.05, 4.69) is 69.3 Å². The molecule has 0 saturated carbocycles. The van der Waals surface area contributed by atoms with Gasteiger partial charge in [-0.15, -0.1) is 0 Å². The van der Waals surface area contributed by atoms with Gasteiger partial charge in [-0.3, -0.25) is 0 Å². The predicted molar refractivity (Wildman–Crippen MR) is 117 cm³/mol. The Balaban J connectivity index is 2.08. The number of aromatic hydroxyl groups is 1. The van der Waals surface area contributed by atoms with E-state index in [1.807, 2.05) is 24.3 Å². The van der Waals surface area contributed by atoms with Crippen LogP contribution in [0, 0.1) is 0 Å².